The van der Waals surface area contributed by atoms with Crippen LogP contribution in [-0.2, 0) is 11.2 Å². The van der Waals surface area contributed by atoms with Crippen molar-refractivity contribution < 1.29 is 14.3 Å². The molecular weight excluding hydrogens is 376 g/mol. The number of piperidine rings is 1. The summed E-state index contributed by atoms with van der Waals surface area (Å²) < 4.78 is 11.5. The number of nitrogens with one attached hydrogen (secondary N) is 1. The van der Waals surface area contributed by atoms with Crippen molar-refractivity contribution in [2.45, 2.75) is 44.9 Å². The molecule has 5 heteroatoms. The molecule has 1 aromatic heterocycles. The molecule has 30 heavy (non-hydrogen) atoms. The van der Waals surface area contributed by atoms with Gasteiger partial charge in [0.05, 0.1) is 0 Å². The number of carbonyl (C=O) groups is 1. The smallest absolute Gasteiger partial charge is 0.231 e. The van der Waals surface area contributed by atoms with E-state index in [1.54, 1.807) is 0 Å². The Labute approximate surface area is 177 Å². The van der Waals surface area contributed by atoms with Gasteiger partial charge in [0.1, 0.15) is 0 Å². The molecule has 2 aliphatic rings. The summed E-state index contributed by atoms with van der Waals surface area (Å²) in [6.07, 6.45) is 6.89. The van der Waals surface area contributed by atoms with Gasteiger partial charge < -0.3 is 19.4 Å². The van der Waals surface area contributed by atoms with E-state index in [9.17, 15) is 4.79 Å². The molecule has 0 bridgehead atoms. The molecule has 3 heterocycles. The van der Waals surface area contributed by atoms with E-state index < -0.39 is 0 Å². The molecule has 0 aliphatic carbocycles. The predicted octanol–water partition coefficient (Wildman–Crippen LogP) is 4.99. The fourth-order valence-electron chi connectivity index (χ4n) is 4.88. The van der Waals surface area contributed by atoms with Gasteiger partial charge >= 0.3 is 0 Å². The SMILES string of the molecule is CCc1cccc2c(C(CC(=O)N3CCCCC3)c3cccc4c3OCO4)c[nH]c12. The average molecular weight is 405 g/mol. The zero-order chi connectivity index (χ0) is 20.5. The van der Waals surface area contributed by atoms with Crippen LogP contribution in [0.1, 0.15) is 55.2 Å². The van der Waals surface area contributed by atoms with E-state index >= 15 is 0 Å². The number of aromatic amines is 1. The van der Waals surface area contributed by atoms with Gasteiger partial charge in [0.25, 0.3) is 0 Å². The second kappa shape index (κ2) is 8.05. The third-order valence-electron chi connectivity index (χ3n) is 6.48. The van der Waals surface area contributed by atoms with Gasteiger partial charge in [-0.15, -0.1) is 0 Å². The highest BCUT2D eigenvalue weighted by Gasteiger charge is 2.30. The maximum absolute atomic E-state index is 13.3. The molecule has 0 saturated carbocycles. The molecular formula is C25H28N2O3. The Hall–Kier alpha value is -2.95. The Morgan fingerprint density at radius 2 is 1.90 bits per heavy atom. The zero-order valence-electron chi connectivity index (χ0n) is 17.4. The van der Waals surface area contributed by atoms with E-state index in [0.29, 0.717) is 6.42 Å². The van der Waals surface area contributed by atoms with E-state index in [4.69, 9.17) is 9.47 Å². The van der Waals surface area contributed by atoms with E-state index in [0.717, 1.165) is 60.5 Å². The van der Waals surface area contributed by atoms with E-state index in [-0.39, 0.29) is 18.6 Å². The van der Waals surface area contributed by atoms with Crippen molar-refractivity contribution in [3.8, 4) is 11.5 Å². The van der Waals surface area contributed by atoms with Crippen molar-refractivity contribution in [2.24, 2.45) is 0 Å². The minimum Gasteiger partial charge on any atom is -0.454 e. The first-order chi connectivity index (χ1) is 14.8. The Morgan fingerprint density at radius 1 is 1.07 bits per heavy atom. The van der Waals surface area contributed by atoms with Crippen molar-refractivity contribution in [1.29, 1.82) is 0 Å². The lowest BCUT2D eigenvalue weighted by molar-refractivity contribution is -0.132. The first-order valence-corrected chi connectivity index (χ1v) is 11.0. The summed E-state index contributed by atoms with van der Waals surface area (Å²) in [4.78, 5) is 18.8. The molecule has 1 unspecified atom stereocenters. The molecule has 1 amide bonds. The van der Waals surface area contributed by atoms with Crippen LogP contribution in [0.25, 0.3) is 10.9 Å². The van der Waals surface area contributed by atoms with Gasteiger partial charge in [-0.05, 0) is 42.9 Å². The number of nitrogens with zero attached hydrogens (tertiary/aromatic N) is 1. The Morgan fingerprint density at radius 3 is 2.73 bits per heavy atom. The van der Waals surface area contributed by atoms with Crippen LogP contribution in [0.4, 0.5) is 0 Å². The standard InChI is InChI=1S/C25H28N2O3/c1-2-17-8-6-9-18-21(15-26-24(17)18)20(14-23(28)27-12-4-3-5-13-27)19-10-7-11-22-25(19)30-16-29-22/h6-11,15,20,26H,2-5,12-14,16H2,1H3. The highest BCUT2D eigenvalue weighted by Crippen LogP contribution is 2.44. The minimum atomic E-state index is -0.0862. The second-order valence-corrected chi connectivity index (χ2v) is 8.22. The van der Waals surface area contributed by atoms with Crippen molar-refractivity contribution in [3.05, 3.63) is 59.3 Å². The van der Waals surface area contributed by atoms with Crippen molar-refractivity contribution >= 4 is 16.8 Å². The molecule has 5 rings (SSSR count). The lowest BCUT2D eigenvalue weighted by atomic mass is 9.86. The summed E-state index contributed by atoms with van der Waals surface area (Å²) in [7, 11) is 0. The third-order valence-corrected chi connectivity index (χ3v) is 6.48. The van der Waals surface area contributed by atoms with Gasteiger partial charge in [0.15, 0.2) is 11.5 Å². The lowest BCUT2D eigenvalue weighted by Gasteiger charge is -2.29. The van der Waals surface area contributed by atoms with Gasteiger partial charge in [-0.25, -0.2) is 0 Å². The highest BCUT2D eigenvalue weighted by atomic mass is 16.7. The van der Waals surface area contributed by atoms with Crippen LogP contribution in [-0.4, -0.2) is 35.7 Å². The lowest BCUT2D eigenvalue weighted by Crippen LogP contribution is -2.36. The largest absolute Gasteiger partial charge is 0.454 e. The van der Waals surface area contributed by atoms with Crippen LogP contribution in [0, 0.1) is 0 Å². The number of aryl methyl sites for hydroxylation is 1. The van der Waals surface area contributed by atoms with Crippen LogP contribution < -0.4 is 9.47 Å². The number of carbonyl (C=O) groups excluding carboxylic acids is 1. The number of aromatic nitrogens is 1. The molecule has 0 radical (unpaired) electrons. The number of benzene rings is 2. The normalized spacial score (nSPS) is 16.8. The molecule has 3 aromatic rings. The first kappa shape index (κ1) is 19.0. The topological polar surface area (TPSA) is 54.6 Å². The molecule has 2 aliphatic heterocycles. The number of likely N-dealkylation sites (tertiary alicyclic amines) is 1. The van der Waals surface area contributed by atoms with Gasteiger partial charge in [0.2, 0.25) is 12.7 Å². The van der Waals surface area contributed by atoms with Gasteiger partial charge in [-0.2, -0.15) is 0 Å². The molecule has 1 saturated heterocycles. The van der Waals surface area contributed by atoms with Crippen LogP contribution in [0.5, 0.6) is 11.5 Å². The van der Waals surface area contributed by atoms with E-state index in [2.05, 4.69) is 42.4 Å². The number of fused-ring (bicyclic) bond motifs is 2. The third kappa shape index (κ3) is 3.32. The number of amides is 1. The van der Waals surface area contributed by atoms with Crippen LogP contribution in [0.2, 0.25) is 0 Å². The summed E-state index contributed by atoms with van der Waals surface area (Å²) in [6, 6.07) is 12.4. The second-order valence-electron chi connectivity index (χ2n) is 8.22. The molecule has 5 nitrogen and oxygen atoms in total. The zero-order valence-corrected chi connectivity index (χ0v) is 17.4. The molecule has 156 valence electrons. The number of hydrogen-bond acceptors (Lipinski definition) is 3. The highest BCUT2D eigenvalue weighted by molar-refractivity contribution is 5.88. The van der Waals surface area contributed by atoms with Gasteiger partial charge in [0, 0.05) is 48.1 Å². The maximum atomic E-state index is 13.3. The Kier molecular flexibility index (Phi) is 5.11. The molecule has 2 aromatic carbocycles. The number of rotatable bonds is 5. The summed E-state index contributed by atoms with van der Waals surface area (Å²) in [6.45, 7) is 4.13. The Bertz CT molecular complexity index is 1070. The summed E-state index contributed by atoms with van der Waals surface area (Å²) in [5.74, 6) is 1.67. The van der Waals surface area contributed by atoms with Crippen LogP contribution in [0.15, 0.2) is 42.6 Å². The number of H-pyrrole nitrogens is 1. The Balaban J connectivity index is 1.59. The molecule has 1 N–H and O–H groups in total. The monoisotopic (exact) mass is 404 g/mol. The fraction of sp³-hybridized carbons (Fsp3) is 0.400. The predicted molar refractivity (Wildman–Crippen MR) is 117 cm³/mol. The molecule has 1 fully saturated rings. The van der Waals surface area contributed by atoms with Crippen molar-refractivity contribution in [1.82, 2.24) is 9.88 Å². The van der Waals surface area contributed by atoms with Crippen molar-refractivity contribution in [3.63, 3.8) is 0 Å². The van der Waals surface area contributed by atoms with Crippen molar-refractivity contribution in [2.75, 3.05) is 19.9 Å². The summed E-state index contributed by atoms with van der Waals surface area (Å²) in [5.41, 5.74) is 4.63. The average Bonchev–Trinajstić information content (AvgIpc) is 3.45. The van der Waals surface area contributed by atoms with Gasteiger partial charge in [-0.1, -0.05) is 37.3 Å². The maximum Gasteiger partial charge on any atom is 0.231 e. The van der Waals surface area contributed by atoms with Crippen LogP contribution >= 0.6 is 0 Å². The first-order valence-electron chi connectivity index (χ1n) is 11.0. The van der Waals surface area contributed by atoms with E-state index in [1.165, 1.54) is 17.4 Å². The quantitative estimate of drug-likeness (QED) is 0.652. The van der Waals surface area contributed by atoms with Gasteiger partial charge in [-0.3, -0.25) is 4.79 Å². The number of ether oxygens (including phenoxy) is 2. The summed E-state index contributed by atoms with van der Waals surface area (Å²) >= 11 is 0. The molecule has 0 spiro atoms. The molecule has 1 atom stereocenters. The fourth-order valence-corrected chi connectivity index (χ4v) is 4.88. The van der Waals surface area contributed by atoms with E-state index in [1.807, 2.05) is 17.0 Å². The number of hydrogen-bond donors (Lipinski definition) is 1. The minimum absolute atomic E-state index is 0.0862. The number of para-hydroxylation sites is 2. The van der Waals surface area contributed by atoms with Crippen LogP contribution in [0.3, 0.4) is 0 Å². The summed E-state index contributed by atoms with van der Waals surface area (Å²) in [5, 5.41) is 1.18.